The van der Waals surface area contributed by atoms with Gasteiger partial charge in [-0.1, -0.05) is 97.1 Å². The van der Waals surface area contributed by atoms with Gasteiger partial charge >= 0.3 is 6.09 Å². The summed E-state index contributed by atoms with van der Waals surface area (Å²) in [5.41, 5.74) is 6.91. The van der Waals surface area contributed by atoms with Crippen LogP contribution >= 0.6 is 0 Å². The SMILES string of the molecule is CN(C(=O)CCN1CCC(OC(=O)Nc2ccccc2-c2ccccc2)CC1)c1cccc(CNC(=O)Cc2cccc(CNC[C@H](O)C3=CC=C(O)C4=NC(=O)C=CC34)c2)c1. The minimum absolute atomic E-state index is 0.0175. The minimum Gasteiger partial charge on any atom is -0.506 e. The van der Waals surface area contributed by atoms with Crippen LogP contribution in [0, 0.1) is 5.92 Å². The molecule has 0 radical (unpaired) electrons. The van der Waals surface area contributed by atoms with E-state index in [0.29, 0.717) is 50.2 Å². The molecule has 0 aromatic heterocycles. The van der Waals surface area contributed by atoms with Gasteiger partial charge in [-0.15, -0.1) is 0 Å². The number of hydrogen-bond acceptors (Lipinski definition) is 9. The summed E-state index contributed by atoms with van der Waals surface area (Å²) in [6, 6.07) is 32.8. The number of fused-ring (bicyclic) bond motifs is 1. The fourth-order valence-electron chi connectivity index (χ4n) is 7.88. The second-order valence-corrected chi connectivity index (χ2v) is 15.7. The molecule has 2 atom stereocenters. The van der Waals surface area contributed by atoms with Crippen molar-refractivity contribution in [3.05, 3.63) is 155 Å². The molecule has 0 bridgehead atoms. The summed E-state index contributed by atoms with van der Waals surface area (Å²) in [5.74, 6) is -1.15. The third-order valence-corrected chi connectivity index (χ3v) is 11.3. The number of amides is 4. The fourth-order valence-corrected chi connectivity index (χ4v) is 7.88. The Kier molecular flexibility index (Phi) is 14.5. The highest BCUT2D eigenvalue weighted by molar-refractivity contribution is 6.13. The summed E-state index contributed by atoms with van der Waals surface area (Å²) in [4.78, 5) is 58.5. The first-order valence-corrected chi connectivity index (χ1v) is 20.9. The van der Waals surface area contributed by atoms with Crippen LogP contribution in [-0.2, 0) is 38.6 Å². The third kappa shape index (κ3) is 11.6. The Labute approximate surface area is 361 Å². The Bertz CT molecular complexity index is 2380. The van der Waals surface area contributed by atoms with E-state index in [2.05, 4.69) is 25.8 Å². The zero-order valence-corrected chi connectivity index (χ0v) is 34.7. The van der Waals surface area contributed by atoms with Crippen molar-refractivity contribution in [1.29, 1.82) is 0 Å². The number of carbonyl (C=O) groups excluding carboxylic acids is 4. The number of aliphatic hydroxyl groups is 2. The second-order valence-electron chi connectivity index (χ2n) is 15.7. The van der Waals surface area contributed by atoms with E-state index in [4.69, 9.17) is 4.74 Å². The summed E-state index contributed by atoms with van der Waals surface area (Å²) >= 11 is 0. The molecule has 13 nitrogen and oxygen atoms in total. The highest BCUT2D eigenvalue weighted by Gasteiger charge is 2.31. The Balaban J connectivity index is 0.802. The number of hydrogen-bond donors (Lipinski definition) is 5. The van der Waals surface area contributed by atoms with E-state index >= 15 is 0 Å². The summed E-state index contributed by atoms with van der Waals surface area (Å²) in [7, 11) is 1.76. The normalized spacial score (nSPS) is 16.9. The first kappa shape index (κ1) is 43.4. The number of rotatable bonds is 16. The standard InChI is InChI=1S/C49H52N6O7/c1-54(47(60)23-26-55-24-21-38(22-25-55)62-49(61)52-42-16-6-5-15-39(42)36-12-3-2-4-13-36)37-14-8-11-35(28-37)31-51-46(59)29-33-9-7-10-34(27-33)30-50-32-44(57)40-17-19-43(56)48-41(40)18-20-45(58)53-48/h2-20,27-28,38,41,44,50,56-57H,21-26,29-32H2,1H3,(H,51,59)(H,52,61)/t41?,44-/m0/s1. The van der Waals surface area contributed by atoms with Crippen LogP contribution < -0.4 is 20.9 Å². The number of dihydropyridines is 1. The topological polar surface area (TPSA) is 173 Å². The first-order chi connectivity index (χ1) is 30.1. The maximum atomic E-state index is 13.3. The quantitative estimate of drug-likeness (QED) is 0.0873. The molecule has 1 aliphatic carbocycles. The van der Waals surface area contributed by atoms with E-state index in [0.717, 1.165) is 46.6 Å². The monoisotopic (exact) mass is 836 g/mol. The average molecular weight is 837 g/mol. The molecule has 1 saturated heterocycles. The smallest absolute Gasteiger partial charge is 0.411 e. The first-order valence-electron chi connectivity index (χ1n) is 20.9. The number of nitrogens with zero attached hydrogens (tertiary/aromatic N) is 3. The Morgan fingerprint density at radius 3 is 2.42 bits per heavy atom. The summed E-state index contributed by atoms with van der Waals surface area (Å²) in [6.07, 6.45) is 6.43. The number of aliphatic imine (C=N–C) groups is 1. The van der Waals surface area contributed by atoms with E-state index in [1.54, 1.807) is 24.1 Å². The molecular formula is C49H52N6O7. The predicted octanol–water partition coefficient (Wildman–Crippen LogP) is 6.26. The van der Waals surface area contributed by atoms with Gasteiger partial charge in [-0.05, 0) is 64.9 Å². The maximum Gasteiger partial charge on any atom is 0.411 e. The lowest BCUT2D eigenvalue weighted by molar-refractivity contribution is -0.121. The van der Waals surface area contributed by atoms with Crippen molar-refractivity contribution in [3.8, 4) is 11.1 Å². The molecule has 0 spiro atoms. The Morgan fingerprint density at radius 1 is 0.887 bits per heavy atom. The number of anilines is 2. The molecule has 0 saturated carbocycles. The lowest BCUT2D eigenvalue weighted by atomic mass is 9.84. The van der Waals surface area contributed by atoms with Crippen molar-refractivity contribution in [2.45, 2.75) is 51.0 Å². The van der Waals surface area contributed by atoms with E-state index in [1.165, 1.54) is 12.2 Å². The zero-order valence-electron chi connectivity index (χ0n) is 34.7. The van der Waals surface area contributed by atoms with Crippen LogP contribution in [0.3, 0.4) is 0 Å². The van der Waals surface area contributed by atoms with Crippen LogP contribution in [0.15, 0.2) is 144 Å². The van der Waals surface area contributed by atoms with Gasteiger partial charge in [0.1, 0.15) is 11.9 Å². The van der Waals surface area contributed by atoms with Gasteiger partial charge in [0.2, 0.25) is 11.8 Å². The van der Waals surface area contributed by atoms with Gasteiger partial charge in [0, 0.05) is 76.0 Å². The van der Waals surface area contributed by atoms with E-state index in [9.17, 15) is 29.4 Å². The number of piperidine rings is 1. The summed E-state index contributed by atoms with van der Waals surface area (Å²) in [6.45, 7) is 3.05. The number of ether oxygens (including phenoxy) is 1. The van der Waals surface area contributed by atoms with Crippen molar-refractivity contribution < 1.29 is 34.1 Å². The molecule has 5 N–H and O–H groups in total. The maximum absolute atomic E-state index is 13.3. The number of carbonyl (C=O) groups is 4. The van der Waals surface area contributed by atoms with Crippen molar-refractivity contribution in [2.75, 3.05) is 43.4 Å². The lowest BCUT2D eigenvalue weighted by Crippen LogP contribution is -2.40. The van der Waals surface area contributed by atoms with Crippen molar-refractivity contribution in [3.63, 3.8) is 0 Å². The highest BCUT2D eigenvalue weighted by atomic mass is 16.6. The van der Waals surface area contributed by atoms with Crippen molar-refractivity contribution in [2.24, 2.45) is 10.9 Å². The predicted molar refractivity (Wildman–Crippen MR) is 239 cm³/mol. The molecule has 1 fully saturated rings. The molecule has 13 heteroatoms. The zero-order chi connectivity index (χ0) is 43.4. The number of para-hydroxylation sites is 1. The average Bonchev–Trinajstić information content (AvgIpc) is 3.28. The number of allylic oxidation sites excluding steroid dienone is 4. The van der Waals surface area contributed by atoms with Gasteiger partial charge in [0.15, 0.2) is 0 Å². The fraction of sp³-hybridized carbons (Fsp3) is 0.286. The Hall–Kier alpha value is -6.67. The molecule has 320 valence electrons. The lowest BCUT2D eigenvalue weighted by Gasteiger charge is -2.31. The van der Waals surface area contributed by atoms with Gasteiger partial charge in [0.25, 0.3) is 5.91 Å². The minimum atomic E-state index is -0.869. The second kappa shape index (κ2) is 20.7. The molecule has 7 rings (SSSR count). The van der Waals surface area contributed by atoms with E-state index < -0.39 is 24.0 Å². The van der Waals surface area contributed by atoms with E-state index in [-0.39, 0.29) is 42.4 Å². The molecule has 2 heterocycles. The van der Waals surface area contributed by atoms with Gasteiger partial charge in [-0.2, -0.15) is 0 Å². The molecule has 4 aromatic carbocycles. The van der Waals surface area contributed by atoms with Crippen LogP contribution in [0.1, 0.15) is 36.0 Å². The number of likely N-dealkylation sites (tertiary alicyclic amines) is 1. The van der Waals surface area contributed by atoms with Crippen LogP contribution in [0.5, 0.6) is 0 Å². The highest BCUT2D eigenvalue weighted by Crippen LogP contribution is 2.30. The van der Waals surface area contributed by atoms with Gasteiger partial charge in [-0.25, -0.2) is 9.79 Å². The third-order valence-electron chi connectivity index (χ3n) is 11.3. The van der Waals surface area contributed by atoms with Crippen molar-refractivity contribution >= 4 is 40.9 Å². The molecular weight excluding hydrogens is 785 g/mol. The number of nitrogens with one attached hydrogen (secondary N) is 3. The van der Waals surface area contributed by atoms with Crippen LogP contribution in [0.2, 0.25) is 0 Å². The summed E-state index contributed by atoms with van der Waals surface area (Å²) < 4.78 is 5.78. The van der Waals surface area contributed by atoms with Gasteiger partial charge in [-0.3, -0.25) is 19.7 Å². The van der Waals surface area contributed by atoms with Gasteiger partial charge in [0.05, 0.1) is 23.9 Å². The van der Waals surface area contributed by atoms with Crippen LogP contribution in [0.25, 0.3) is 11.1 Å². The Morgan fingerprint density at radius 2 is 1.61 bits per heavy atom. The van der Waals surface area contributed by atoms with Crippen molar-refractivity contribution in [1.82, 2.24) is 15.5 Å². The number of benzene rings is 4. The molecule has 4 aromatic rings. The van der Waals surface area contributed by atoms with Crippen LogP contribution in [0.4, 0.5) is 16.2 Å². The molecule has 62 heavy (non-hydrogen) atoms. The van der Waals surface area contributed by atoms with Crippen LogP contribution in [-0.4, -0.2) is 90.1 Å². The molecule has 2 aliphatic heterocycles. The van der Waals surface area contributed by atoms with Gasteiger partial charge < -0.3 is 35.4 Å². The molecule has 3 aliphatic rings. The molecule has 4 amide bonds. The largest absolute Gasteiger partial charge is 0.506 e. The molecule has 1 unspecified atom stereocenters. The van der Waals surface area contributed by atoms with E-state index in [1.807, 2.05) is 103 Å². The number of aliphatic hydroxyl groups excluding tert-OH is 2. The summed E-state index contributed by atoms with van der Waals surface area (Å²) in [5, 5.41) is 30.2.